The molecule has 454 valence electrons. The summed E-state index contributed by atoms with van der Waals surface area (Å²) in [5.41, 5.74) is 6.22. The average molecular weight is 1150 g/mol. The quantitative estimate of drug-likeness (QED) is 0.0290. The standard InChI is InChI=1S/C51H83N7O22/c1-9-73-41(62)27-20-34(48(69)77-13-5)54-39(60)25-18-32(46(67)57-36(50(71)79-15-7)22-29-43(64)75-11-3)53-38(59)24-17-31(52)45(66)56-33(47(68)58-37(51(72)80-16-8)23-30-44(65)76-12-4)19-26-40(61)55-35(49(70)78-14-6)21-28-42(63)74-10-2/h31-37H,9-30,52H2,1-8H3,(H,53,59)(H,54,60)(H,55,61)(H,56,66)(H,57,67)(H,58,68)/t31-,32?,33?,34?,35?,36?,37?/m0/s1. The Hall–Kier alpha value is -7.46. The Balaban J connectivity index is 6.72. The monoisotopic (exact) mass is 1150 g/mol. The average Bonchev–Trinajstić information content (AvgIpc) is 3.40. The van der Waals surface area contributed by atoms with Gasteiger partial charge in [-0.25, -0.2) is 19.2 Å². The van der Waals surface area contributed by atoms with E-state index in [-0.39, 0.29) is 104 Å². The van der Waals surface area contributed by atoms with E-state index in [4.69, 9.17) is 43.6 Å². The largest absolute Gasteiger partial charge is 0.466 e. The van der Waals surface area contributed by atoms with Crippen LogP contribution < -0.4 is 37.6 Å². The third-order valence-corrected chi connectivity index (χ3v) is 11.0. The number of carbonyl (C=O) groups is 14. The molecule has 29 heteroatoms. The molecule has 0 radical (unpaired) electrons. The van der Waals surface area contributed by atoms with Gasteiger partial charge in [0.25, 0.3) is 0 Å². The van der Waals surface area contributed by atoms with Crippen LogP contribution in [0.5, 0.6) is 0 Å². The minimum Gasteiger partial charge on any atom is -0.466 e. The molecule has 0 rings (SSSR count). The lowest BCUT2D eigenvalue weighted by atomic mass is 10.0. The van der Waals surface area contributed by atoms with Crippen molar-refractivity contribution in [3.05, 3.63) is 0 Å². The van der Waals surface area contributed by atoms with Gasteiger partial charge in [0.05, 0.1) is 58.9 Å². The van der Waals surface area contributed by atoms with E-state index in [2.05, 4.69) is 31.9 Å². The van der Waals surface area contributed by atoms with Crippen molar-refractivity contribution in [1.82, 2.24) is 31.9 Å². The van der Waals surface area contributed by atoms with E-state index in [1.807, 2.05) is 0 Å². The zero-order valence-electron chi connectivity index (χ0n) is 47.2. The maximum Gasteiger partial charge on any atom is 0.328 e. The first-order valence-electron chi connectivity index (χ1n) is 26.9. The smallest absolute Gasteiger partial charge is 0.328 e. The Morgan fingerprint density at radius 3 is 0.762 bits per heavy atom. The van der Waals surface area contributed by atoms with Gasteiger partial charge < -0.3 is 75.5 Å². The van der Waals surface area contributed by atoms with Gasteiger partial charge in [0.2, 0.25) is 35.4 Å². The molecule has 0 saturated carbocycles. The minimum atomic E-state index is -1.66. The summed E-state index contributed by atoms with van der Waals surface area (Å²) in [6, 6.07) is -10.4. The van der Waals surface area contributed by atoms with Crippen LogP contribution in [0.2, 0.25) is 0 Å². The molecule has 0 aromatic heterocycles. The first kappa shape index (κ1) is 72.5. The maximum absolute atomic E-state index is 13.9. The molecule has 0 fully saturated rings. The van der Waals surface area contributed by atoms with Crippen molar-refractivity contribution < 1.29 is 105 Å². The van der Waals surface area contributed by atoms with Gasteiger partial charge in [0, 0.05) is 44.9 Å². The van der Waals surface area contributed by atoms with E-state index >= 15 is 0 Å². The van der Waals surface area contributed by atoms with E-state index in [9.17, 15) is 67.1 Å². The summed E-state index contributed by atoms with van der Waals surface area (Å²) in [4.78, 5) is 182. The van der Waals surface area contributed by atoms with E-state index in [0.29, 0.717) is 0 Å². The van der Waals surface area contributed by atoms with E-state index < -0.39 is 164 Å². The molecule has 0 heterocycles. The van der Waals surface area contributed by atoms with Crippen LogP contribution >= 0.6 is 0 Å². The fourth-order valence-electron chi connectivity index (χ4n) is 7.08. The SMILES string of the molecule is CCOC(=O)CCC(NC(=O)CCC(NC(=O)CC[C@H](N)C(=O)NC(CCC(=O)NC(CCC(=O)OCC)C(=O)OCC)C(=O)NC(CCC(=O)OCC)C(=O)OCC)C(=O)NC(CCC(=O)OCC)C(=O)OCC)C(=O)OCC. The molecule has 0 bridgehead atoms. The summed E-state index contributed by atoms with van der Waals surface area (Å²) in [5, 5.41) is 14.6. The van der Waals surface area contributed by atoms with Crippen molar-refractivity contribution in [2.24, 2.45) is 5.73 Å². The predicted octanol–water partition coefficient (Wildman–Crippen LogP) is -0.811. The van der Waals surface area contributed by atoms with Gasteiger partial charge in [0.1, 0.15) is 36.3 Å². The molecule has 0 aromatic carbocycles. The van der Waals surface area contributed by atoms with Crippen molar-refractivity contribution in [3.8, 4) is 0 Å². The van der Waals surface area contributed by atoms with Gasteiger partial charge >= 0.3 is 47.8 Å². The third-order valence-electron chi connectivity index (χ3n) is 11.0. The molecular formula is C51H83N7O22. The summed E-state index contributed by atoms with van der Waals surface area (Å²) in [6.07, 6.45) is -5.34. The molecule has 0 aliphatic heterocycles. The van der Waals surface area contributed by atoms with Crippen molar-refractivity contribution in [1.29, 1.82) is 0 Å². The maximum atomic E-state index is 13.9. The van der Waals surface area contributed by atoms with Gasteiger partial charge in [-0.15, -0.1) is 0 Å². The number of amides is 6. The van der Waals surface area contributed by atoms with Crippen LogP contribution in [0.1, 0.15) is 145 Å². The Labute approximate surface area is 465 Å². The van der Waals surface area contributed by atoms with Crippen LogP contribution in [-0.4, -0.2) is 178 Å². The summed E-state index contributed by atoms with van der Waals surface area (Å²) < 4.78 is 39.9. The van der Waals surface area contributed by atoms with Gasteiger partial charge in [-0.05, 0) is 100 Å². The van der Waals surface area contributed by atoms with Crippen LogP contribution in [0, 0.1) is 0 Å². The Morgan fingerprint density at radius 1 is 0.275 bits per heavy atom. The first-order chi connectivity index (χ1) is 38.0. The number of nitrogens with two attached hydrogens (primary N) is 1. The lowest BCUT2D eigenvalue weighted by Gasteiger charge is -2.24. The second kappa shape index (κ2) is 42.5. The molecule has 0 aliphatic carbocycles. The third kappa shape index (κ3) is 31.8. The highest BCUT2D eigenvalue weighted by Gasteiger charge is 2.33. The molecule has 0 aliphatic rings. The second-order valence-corrected chi connectivity index (χ2v) is 17.1. The van der Waals surface area contributed by atoms with Gasteiger partial charge in [-0.3, -0.25) is 47.9 Å². The van der Waals surface area contributed by atoms with Crippen molar-refractivity contribution in [2.45, 2.75) is 188 Å². The van der Waals surface area contributed by atoms with Crippen LogP contribution in [0.25, 0.3) is 0 Å². The molecule has 80 heavy (non-hydrogen) atoms. The Morgan fingerprint density at radius 2 is 0.487 bits per heavy atom. The normalized spacial score (nSPS) is 13.3. The van der Waals surface area contributed by atoms with Crippen LogP contribution in [0.3, 0.4) is 0 Å². The van der Waals surface area contributed by atoms with Crippen LogP contribution in [0.15, 0.2) is 0 Å². The number of ether oxygens (including phenoxy) is 8. The highest BCUT2D eigenvalue weighted by molar-refractivity contribution is 5.94. The lowest BCUT2D eigenvalue weighted by molar-refractivity contribution is -0.150. The van der Waals surface area contributed by atoms with Gasteiger partial charge in [0.15, 0.2) is 0 Å². The van der Waals surface area contributed by atoms with Crippen LogP contribution in [-0.2, 0) is 105 Å². The van der Waals surface area contributed by atoms with E-state index in [1.165, 1.54) is 27.7 Å². The van der Waals surface area contributed by atoms with Gasteiger partial charge in [-0.1, -0.05) is 0 Å². The highest BCUT2D eigenvalue weighted by atomic mass is 16.6. The molecule has 6 unspecified atom stereocenters. The van der Waals surface area contributed by atoms with Crippen molar-refractivity contribution in [3.63, 3.8) is 0 Å². The minimum absolute atomic E-state index is 0.0290. The highest BCUT2D eigenvalue weighted by Crippen LogP contribution is 2.12. The fourth-order valence-corrected chi connectivity index (χ4v) is 7.08. The van der Waals surface area contributed by atoms with Gasteiger partial charge in [-0.2, -0.15) is 0 Å². The summed E-state index contributed by atoms with van der Waals surface area (Å²) in [7, 11) is 0. The second-order valence-electron chi connectivity index (χ2n) is 17.1. The molecule has 7 atom stereocenters. The molecule has 29 nitrogen and oxygen atoms in total. The van der Waals surface area contributed by atoms with Crippen molar-refractivity contribution in [2.75, 3.05) is 52.9 Å². The summed E-state index contributed by atoms with van der Waals surface area (Å²) in [6.45, 7) is 12.2. The summed E-state index contributed by atoms with van der Waals surface area (Å²) in [5.74, 6) is -12.0. The summed E-state index contributed by atoms with van der Waals surface area (Å²) >= 11 is 0. The predicted molar refractivity (Wildman–Crippen MR) is 277 cm³/mol. The Kier molecular flexibility index (Phi) is 38.5. The fraction of sp³-hybridized carbons (Fsp3) is 0.725. The molecule has 0 aromatic rings. The lowest BCUT2D eigenvalue weighted by Crippen LogP contribution is -2.55. The topological polar surface area (TPSA) is 411 Å². The van der Waals surface area contributed by atoms with Crippen molar-refractivity contribution >= 4 is 83.2 Å². The first-order valence-corrected chi connectivity index (χ1v) is 26.9. The zero-order valence-corrected chi connectivity index (χ0v) is 47.2. The zero-order chi connectivity index (χ0) is 60.6. The number of esters is 8. The molecule has 6 amide bonds. The number of hydrogen-bond acceptors (Lipinski definition) is 23. The number of rotatable bonds is 42. The molecular weight excluding hydrogens is 1060 g/mol. The molecule has 0 spiro atoms. The van der Waals surface area contributed by atoms with Crippen LogP contribution in [0.4, 0.5) is 0 Å². The molecule has 8 N–H and O–H groups in total. The number of hydrogen-bond donors (Lipinski definition) is 7. The number of nitrogens with one attached hydrogen (secondary N) is 6. The van der Waals surface area contributed by atoms with E-state index in [0.717, 1.165) is 0 Å². The Bertz CT molecular complexity index is 2060. The van der Waals surface area contributed by atoms with E-state index in [1.54, 1.807) is 27.7 Å². The molecule has 0 saturated heterocycles. The number of carbonyl (C=O) groups excluding carboxylic acids is 14.